The number of esters is 1. The quantitative estimate of drug-likeness (QED) is 0.530. The van der Waals surface area contributed by atoms with Crippen LogP contribution in [0.25, 0.3) is 11.1 Å². The fourth-order valence-electron chi connectivity index (χ4n) is 2.08. The number of nitro benzene ring substituents is 1. The topological polar surface area (TPSA) is 85.2 Å². The highest BCUT2D eigenvalue weighted by atomic mass is 35.5. The maximum atomic E-state index is 12.0. The zero-order chi connectivity index (χ0) is 15.6. The van der Waals surface area contributed by atoms with Crippen LogP contribution in [0.1, 0.15) is 23.1 Å². The van der Waals surface area contributed by atoms with Crippen LogP contribution in [0.4, 0.5) is 5.69 Å². The SMILES string of the molecule is CCOC(=O)c1[nH]c(C)cc1-c1cccc(Cl)c1[N+](=O)[O-]. The standard InChI is InChI=1S/C14H13ClN2O4/c1-3-21-14(18)12-10(7-8(2)16-12)9-5-4-6-11(15)13(9)17(19)20/h4-7,16H,3H2,1-2H3. The lowest BCUT2D eigenvalue weighted by Crippen LogP contribution is -2.07. The van der Waals surface area contributed by atoms with Crippen molar-refractivity contribution < 1.29 is 14.5 Å². The summed E-state index contributed by atoms with van der Waals surface area (Å²) in [5.41, 5.74) is 1.32. The number of ether oxygens (including phenoxy) is 1. The number of aryl methyl sites for hydroxylation is 1. The zero-order valence-electron chi connectivity index (χ0n) is 11.5. The molecule has 2 aromatic rings. The van der Waals surface area contributed by atoms with Crippen LogP contribution in [0.2, 0.25) is 5.02 Å². The van der Waals surface area contributed by atoms with E-state index in [2.05, 4.69) is 4.98 Å². The molecule has 0 saturated carbocycles. The molecule has 1 aromatic carbocycles. The molecule has 21 heavy (non-hydrogen) atoms. The average Bonchev–Trinajstić information content (AvgIpc) is 2.80. The van der Waals surface area contributed by atoms with E-state index < -0.39 is 10.9 Å². The summed E-state index contributed by atoms with van der Waals surface area (Å²) in [6.07, 6.45) is 0. The molecule has 0 unspecified atom stereocenters. The van der Waals surface area contributed by atoms with Crippen LogP contribution < -0.4 is 0 Å². The van der Waals surface area contributed by atoms with Gasteiger partial charge in [-0.05, 0) is 32.0 Å². The van der Waals surface area contributed by atoms with Crippen molar-refractivity contribution in [3.63, 3.8) is 0 Å². The Bertz CT molecular complexity index is 709. The molecule has 0 saturated heterocycles. The van der Waals surface area contributed by atoms with E-state index in [1.165, 1.54) is 6.07 Å². The first-order valence-electron chi connectivity index (χ1n) is 6.25. The predicted octanol–water partition coefficient (Wildman–Crippen LogP) is 3.73. The Morgan fingerprint density at radius 2 is 2.14 bits per heavy atom. The third-order valence-corrected chi connectivity index (χ3v) is 3.20. The lowest BCUT2D eigenvalue weighted by molar-refractivity contribution is -0.384. The molecule has 0 aliphatic heterocycles. The minimum absolute atomic E-state index is 0.0196. The molecular formula is C14H13ClN2O4. The van der Waals surface area contributed by atoms with E-state index in [1.807, 2.05) is 0 Å². The Morgan fingerprint density at radius 3 is 2.76 bits per heavy atom. The van der Waals surface area contributed by atoms with Crippen LogP contribution in [-0.2, 0) is 4.74 Å². The Balaban J connectivity index is 2.66. The minimum atomic E-state index is -0.561. The van der Waals surface area contributed by atoms with E-state index in [0.717, 1.165) is 0 Å². The predicted molar refractivity (Wildman–Crippen MR) is 78.6 cm³/mol. The molecule has 1 heterocycles. The van der Waals surface area contributed by atoms with E-state index in [1.54, 1.807) is 32.0 Å². The first-order chi connectivity index (χ1) is 9.95. The van der Waals surface area contributed by atoms with Gasteiger partial charge < -0.3 is 9.72 Å². The van der Waals surface area contributed by atoms with Crippen molar-refractivity contribution in [2.75, 3.05) is 6.61 Å². The molecule has 0 aliphatic rings. The third-order valence-electron chi connectivity index (χ3n) is 2.89. The molecule has 2 rings (SSSR count). The van der Waals surface area contributed by atoms with Gasteiger partial charge in [0.25, 0.3) is 5.69 Å². The van der Waals surface area contributed by atoms with Gasteiger partial charge in [-0.1, -0.05) is 17.7 Å². The zero-order valence-corrected chi connectivity index (χ0v) is 12.2. The van der Waals surface area contributed by atoms with E-state index in [9.17, 15) is 14.9 Å². The first kappa shape index (κ1) is 15.1. The van der Waals surface area contributed by atoms with Gasteiger partial charge in [0.2, 0.25) is 0 Å². The Hall–Kier alpha value is -2.34. The number of nitrogens with zero attached hydrogens (tertiary/aromatic N) is 1. The van der Waals surface area contributed by atoms with Crippen molar-refractivity contribution in [1.82, 2.24) is 4.98 Å². The number of aromatic amines is 1. The molecule has 1 aromatic heterocycles. The van der Waals surface area contributed by atoms with Gasteiger partial charge in [-0.3, -0.25) is 10.1 Å². The van der Waals surface area contributed by atoms with Gasteiger partial charge in [-0.15, -0.1) is 0 Å². The van der Waals surface area contributed by atoms with Crippen LogP contribution in [0, 0.1) is 17.0 Å². The second kappa shape index (κ2) is 5.97. The molecule has 0 radical (unpaired) electrons. The molecule has 6 nitrogen and oxygen atoms in total. The van der Waals surface area contributed by atoms with Crippen molar-refractivity contribution in [1.29, 1.82) is 0 Å². The average molecular weight is 309 g/mol. The number of aromatic nitrogens is 1. The number of nitrogens with one attached hydrogen (secondary N) is 1. The molecule has 110 valence electrons. The first-order valence-corrected chi connectivity index (χ1v) is 6.63. The van der Waals surface area contributed by atoms with Gasteiger partial charge in [-0.25, -0.2) is 4.79 Å². The van der Waals surface area contributed by atoms with Crippen LogP contribution in [0.5, 0.6) is 0 Å². The lowest BCUT2D eigenvalue weighted by atomic mass is 10.0. The largest absolute Gasteiger partial charge is 0.461 e. The summed E-state index contributed by atoms with van der Waals surface area (Å²) >= 11 is 5.91. The Kier molecular flexibility index (Phi) is 4.28. The minimum Gasteiger partial charge on any atom is -0.461 e. The number of nitro groups is 1. The molecule has 0 fully saturated rings. The number of hydrogen-bond acceptors (Lipinski definition) is 4. The second-order valence-corrected chi connectivity index (χ2v) is 4.76. The van der Waals surface area contributed by atoms with Crippen molar-refractivity contribution in [2.45, 2.75) is 13.8 Å². The number of hydrogen-bond donors (Lipinski definition) is 1. The van der Waals surface area contributed by atoms with Gasteiger partial charge in [0.05, 0.1) is 17.1 Å². The van der Waals surface area contributed by atoms with Crippen molar-refractivity contribution in [3.8, 4) is 11.1 Å². The van der Waals surface area contributed by atoms with Crippen LogP contribution in [-0.4, -0.2) is 22.5 Å². The molecule has 0 aliphatic carbocycles. The number of H-pyrrole nitrogens is 1. The van der Waals surface area contributed by atoms with Crippen molar-refractivity contribution >= 4 is 23.3 Å². The van der Waals surface area contributed by atoms with Crippen LogP contribution in [0.3, 0.4) is 0 Å². The highest BCUT2D eigenvalue weighted by Gasteiger charge is 2.25. The van der Waals surface area contributed by atoms with Crippen molar-refractivity contribution in [2.24, 2.45) is 0 Å². The summed E-state index contributed by atoms with van der Waals surface area (Å²) in [6, 6.07) is 6.24. The second-order valence-electron chi connectivity index (χ2n) is 4.35. The van der Waals surface area contributed by atoms with E-state index in [4.69, 9.17) is 16.3 Å². The van der Waals surface area contributed by atoms with Crippen LogP contribution >= 0.6 is 11.6 Å². The molecule has 0 amide bonds. The third kappa shape index (κ3) is 2.90. The number of rotatable bonds is 4. The molecule has 1 N–H and O–H groups in total. The van der Waals surface area contributed by atoms with Gasteiger partial charge in [0.15, 0.2) is 0 Å². The van der Waals surface area contributed by atoms with Crippen molar-refractivity contribution in [3.05, 3.63) is 50.8 Å². The summed E-state index contributed by atoms with van der Waals surface area (Å²) in [4.78, 5) is 25.5. The fraction of sp³-hybridized carbons (Fsp3) is 0.214. The monoisotopic (exact) mass is 308 g/mol. The van der Waals surface area contributed by atoms with Crippen LogP contribution in [0.15, 0.2) is 24.3 Å². The summed E-state index contributed by atoms with van der Waals surface area (Å²) in [5.74, 6) is -0.560. The van der Waals surface area contributed by atoms with E-state index in [0.29, 0.717) is 11.3 Å². The fourth-order valence-corrected chi connectivity index (χ4v) is 2.33. The van der Waals surface area contributed by atoms with E-state index in [-0.39, 0.29) is 28.6 Å². The number of halogens is 1. The number of benzene rings is 1. The number of para-hydroxylation sites is 1. The highest BCUT2D eigenvalue weighted by molar-refractivity contribution is 6.33. The summed E-state index contributed by atoms with van der Waals surface area (Å²) < 4.78 is 4.96. The molecular weight excluding hydrogens is 296 g/mol. The van der Waals surface area contributed by atoms with Gasteiger partial charge in [0, 0.05) is 11.3 Å². The lowest BCUT2D eigenvalue weighted by Gasteiger charge is -2.06. The number of carbonyl (C=O) groups is 1. The maximum Gasteiger partial charge on any atom is 0.355 e. The van der Waals surface area contributed by atoms with Gasteiger partial charge >= 0.3 is 5.97 Å². The summed E-state index contributed by atoms with van der Waals surface area (Å²) in [7, 11) is 0. The maximum absolute atomic E-state index is 12.0. The molecule has 7 heteroatoms. The Labute approximate surface area is 125 Å². The summed E-state index contributed by atoms with van der Waals surface area (Å²) in [6.45, 7) is 3.66. The smallest absolute Gasteiger partial charge is 0.355 e. The Morgan fingerprint density at radius 1 is 1.43 bits per heavy atom. The molecule has 0 atom stereocenters. The van der Waals surface area contributed by atoms with Gasteiger partial charge in [-0.2, -0.15) is 0 Å². The summed E-state index contributed by atoms with van der Waals surface area (Å²) in [5, 5.41) is 11.2. The normalized spacial score (nSPS) is 10.4. The van der Waals surface area contributed by atoms with E-state index >= 15 is 0 Å². The molecule has 0 spiro atoms. The number of carbonyl (C=O) groups excluding carboxylic acids is 1. The molecule has 0 bridgehead atoms. The highest BCUT2D eigenvalue weighted by Crippen LogP contribution is 2.37. The van der Waals surface area contributed by atoms with Gasteiger partial charge in [0.1, 0.15) is 10.7 Å².